The van der Waals surface area contributed by atoms with E-state index in [2.05, 4.69) is 10.2 Å². The smallest absolute Gasteiger partial charge is 0.369 e. The second-order valence-electron chi connectivity index (χ2n) is 6.14. The van der Waals surface area contributed by atoms with Crippen LogP contribution in [0.4, 0.5) is 18.9 Å². The number of alkyl halides is 3. The van der Waals surface area contributed by atoms with Crippen LogP contribution in [0.2, 0.25) is 0 Å². The second-order valence-corrected chi connectivity index (χ2v) is 6.14. The maximum absolute atomic E-state index is 13.0. The predicted octanol–water partition coefficient (Wildman–Crippen LogP) is 1.42. The largest absolute Gasteiger partial charge is 0.416 e. The van der Waals surface area contributed by atoms with Gasteiger partial charge in [-0.2, -0.15) is 13.2 Å². The Morgan fingerprint density at radius 1 is 1.29 bits per heavy atom. The van der Waals surface area contributed by atoms with Crippen molar-refractivity contribution < 1.29 is 18.0 Å². The van der Waals surface area contributed by atoms with E-state index in [0.29, 0.717) is 5.56 Å². The van der Waals surface area contributed by atoms with Crippen molar-refractivity contribution in [2.24, 2.45) is 5.73 Å². The van der Waals surface area contributed by atoms with Crippen LogP contribution in [0.1, 0.15) is 18.1 Å². The quantitative estimate of drug-likeness (QED) is 0.867. The average molecular weight is 344 g/mol. The van der Waals surface area contributed by atoms with Crippen LogP contribution in [0.15, 0.2) is 18.2 Å². The van der Waals surface area contributed by atoms with E-state index in [9.17, 15) is 18.0 Å². The number of hydrogen-bond acceptors (Lipinski definition) is 4. The third-order valence-corrected chi connectivity index (χ3v) is 4.12. The molecule has 1 aliphatic heterocycles. The number of nitrogens with two attached hydrogens (primary N) is 1. The summed E-state index contributed by atoms with van der Waals surface area (Å²) in [4.78, 5) is 15.9. The van der Waals surface area contributed by atoms with Crippen LogP contribution >= 0.6 is 0 Å². The molecule has 1 fully saturated rings. The lowest BCUT2D eigenvalue weighted by Crippen LogP contribution is -2.45. The van der Waals surface area contributed by atoms with Crippen molar-refractivity contribution in [1.29, 1.82) is 0 Å². The number of rotatable bonds is 4. The third-order valence-electron chi connectivity index (χ3n) is 4.12. The Bertz CT molecular complexity index is 581. The summed E-state index contributed by atoms with van der Waals surface area (Å²) in [5.74, 6) is -0.392. The SMILES string of the molecule is CC(N)C(=O)NCc1cc(C(F)(F)F)ccc1N1CCN(C)CC1. The van der Waals surface area contributed by atoms with Gasteiger partial charge in [-0.15, -0.1) is 0 Å². The number of halogens is 3. The van der Waals surface area contributed by atoms with Gasteiger partial charge in [-0.3, -0.25) is 4.79 Å². The number of carbonyl (C=O) groups excluding carboxylic acids is 1. The van der Waals surface area contributed by atoms with E-state index in [1.165, 1.54) is 13.0 Å². The monoisotopic (exact) mass is 344 g/mol. The molecule has 1 atom stereocenters. The first kappa shape index (κ1) is 18.5. The molecule has 1 aromatic rings. The number of carbonyl (C=O) groups is 1. The number of nitrogens with zero attached hydrogens (tertiary/aromatic N) is 2. The van der Waals surface area contributed by atoms with Gasteiger partial charge in [0.25, 0.3) is 0 Å². The van der Waals surface area contributed by atoms with E-state index in [1.54, 1.807) is 0 Å². The van der Waals surface area contributed by atoms with Gasteiger partial charge in [-0.05, 0) is 37.7 Å². The lowest BCUT2D eigenvalue weighted by Gasteiger charge is -2.35. The van der Waals surface area contributed by atoms with E-state index in [1.807, 2.05) is 11.9 Å². The fraction of sp³-hybridized carbons (Fsp3) is 0.562. The number of anilines is 1. The summed E-state index contributed by atoms with van der Waals surface area (Å²) in [6.07, 6.45) is -4.42. The molecule has 1 saturated heterocycles. The van der Waals surface area contributed by atoms with Crippen LogP contribution in [0.5, 0.6) is 0 Å². The molecule has 134 valence electrons. The molecule has 1 heterocycles. The van der Waals surface area contributed by atoms with Crippen LogP contribution in [0.25, 0.3) is 0 Å². The van der Waals surface area contributed by atoms with Crippen LogP contribution in [-0.4, -0.2) is 50.1 Å². The van der Waals surface area contributed by atoms with Gasteiger partial charge < -0.3 is 20.9 Å². The van der Waals surface area contributed by atoms with Crippen molar-refractivity contribution >= 4 is 11.6 Å². The van der Waals surface area contributed by atoms with Crippen LogP contribution < -0.4 is 16.0 Å². The van der Waals surface area contributed by atoms with Gasteiger partial charge in [0.05, 0.1) is 11.6 Å². The molecule has 0 spiro atoms. The van der Waals surface area contributed by atoms with Gasteiger partial charge in [0.1, 0.15) is 0 Å². The summed E-state index contributed by atoms with van der Waals surface area (Å²) >= 11 is 0. The minimum atomic E-state index is -4.42. The van der Waals surface area contributed by atoms with Crippen LogP contribution in [-0.2, 0) is 17.5 Å². The Morgan fingerprint density at radius 2 is 1.92 bits per heavy atom. The molecule has 1 aromatic carbocycles. The minimum absolute atomic E-state index is 0.0198. The number of likely N-dealkylation sites (N-methyl/N-ethyl adjacent to an activating group) is 1. The lowest BCUT2D eigenvalue weighted by atomic mass is 10.1. The zero-order valence-electron chi connectivity index (χ0n) is 13.9. The van der Waals surface area contributed by atoms with Crippen molar-refractivity contribution in [3.8, 4) is 0 Å². The molecule has 8 heteroatoms. The second kappa shape index (κ2) is 7.40. The molecule has 0 saturated carbocycles. The summed E-state index contributed by atoms with van der Waals surface area (Å²) in [6, 6.07) is 2.98. The topological polar surface area (TPSA) is 61.6 Å². The van der Waals surface area contributed by atoms with Crippen molar-refractivity contribution in [3.05, 3.63) is 29.3 Å². The summed E-state index contributed by atoms with van der Waals surface area (Å²) in [6.45, 7) is 4.69. The van der Waals surface area contributed by atoms with Crippen molar-refractivity contribution in [2.75, 3.05) is 38.1 Å². The lowest BCUT2D eigenvalue weighted by molar-refractivity contribution is -0.137. The molecule has 24 heavy (non-hydrogen) atoms. The highest BCUT2D eigenvalue weighted by atomic mass is 19.4. The standard InChI is InChI=1S/C16H23F3N4O/c1-11(20)15(24)21-10-12-9-13(16(17,18)19)3-4-14(12)23-7-5-22(2)6-8-23/h3-4,9,11H,5-8,10,20H2,1-2H3,(H,21,24). The number of piperazine rings is 1. The van der Waals surface area contributed by atoms with Gasteiger partial charge in [0.15, 0.2) is 0 Å². The number of amides is 1. The summed E-state index contributed by atoms with van der Waals surface area (Å²) in [7, 11) is 2.01. The highest BCUT2D eigenvalue weighted by Gasteiger charge is 2.31. The molecule has 0 aromatic heterocycles. The van der Waals surface area contributed by atoms with Gasteiger partial charge >= 0.3 is 6.18 Å². The summed E-state index contributed by atoms with van der Waals surface area (Å²) in [5, 5.41) is 2.60. The predicted molar refractivity (Wildman–Crippen MR) is 86.7 cm³/mol. The Labute approximate surface area is 139 Å². The highest BCUT2D eigenvalue weighted by Crippen LogP contribution is 2.33. The van der Waals surface area contributed by atoms with Crippen molar-refractivity contribution in [1.82, 2.24) is 10.2 Å². The molecule has 1 aliphatic rings. The molecule has 0 aliphatic carbocycles. The van der Waals surface area contributed by atoms with E-state index in [0.717, 1.165) is 44.0 Å². The average Bonchev–Trinajstić information content (AvgIpc) is 2.52. The Kier molecular flexibility index (Phi) is 5.71. The first-order valence-corrected chi connectivity index (χ1v) is 7.85. The first-order chi connectivity index (χ1) is 11.2. The van der Waals surface area contributed by atoms with E-state index in [4.69, 9.17) is 5.73 Å². The fourth-order valence-corrected chi connectivity index (χ4v) is 2.60. The molecular weight excluding hydrogens is 321 g/mol. The third kappa shape index (κ3) is 4.61. The molecule has 1 amide bonds. The maximum atomic E-state index is 13.0. The molecular formula is C16H23F3N4O. The summed E-state index contributed by atoms with van der Waals surface area (Å²) in [5.41, 5.74) is 5.94. The van der Waals surface area contributed by atoms with E-state index >= 15 is 0 Å². The van der Waals surface area contributed by atoms with Gasteiger partial charge in [-0.1, -0.05) is 0 Å². The molecule has 2 rings (SSSR count). The minimum Gasteiger partial charge on any atom is -0.369 e. The fourth-order valence-electron chi connectivity index (χ4n) is 2.60. The van der Waals surface area contributed by atoms with Crippen LogP contribution in [0.3, 0.4) is 0 Å². The van der Waals surface area contributed by atoms with E-state index in [-0.39, 0.29) is 6.54 Å². The maximum Gasteiger partial charge on any atom is 0.416 e. The molecule has 1 unspecified atom stereocenters. The molecule has 5 nitrogen and oxygen atoms in total. The number of hydrogen-bond donors (Lipinski definition) is 2. The number of benzene rings is 1. The van der Waals surface area contributed by atoms with Gasteiger partial charge in [-0.25, -0.2) is 0 Å². The van der Waals surface area contributed by atoms with Gasteiger partial charge in [0, 0.05) is 38.4 Å². The van der Waals surface area contributed by atoms with E-state index < -0.39 is 23.7 Å². The first-order valence-electron chi connectivity index (χ1n) is 7.85. The number of nitrogens with one attached hydrogen (secondary N) is 1. The Morgan fingerprint density at radius 3 is 2.46 bits per heavy atom. The zero-order chi connectivity index (χ0) is 17.9. The molecule has 0 bridgehead atoms. The van der Waals surface area contributed by atoms with Crippen LogP contribution in [0, 0.1) is 0 Å². The Balaban J connectivity index is 2.26. The Hall–Kier alpha value is -1.80. The van der Waals surface area contributed by atoms with Crippen molar-refractivity contribution in [3.63, 3.8) is 0 Å². The zero-order valence-corrected chi connectivity index (χ0v) is 13.9. The molecule has 3 N–H and O–H groups in total. The molecule has 0 radical (unpaired) electrons. The highest BCUT2D eigenvalue weighted by molar-refractivity contribution is 5.81. The van der Waals surface area contributed by atoms with Crippen molar-refractivity contribution in [2.45, 2.75) is 25.7 Å². The summed E-state index contributed by atoms with van der Waals surface area (Å²) < 4.78 is 39.0. The van der Waals surface area contributed by atoms with Gasteiger partial charge in [0.2, 0.25) is 5.91 Å². The normalized spacial score (nSPS) is 17.7.